The maximum absolute atomic E-state index is 11.8. The maximum Gasteiger partial charge on any atom is 0.412 e. The predicted molar refractivity (Wildman–Crippen MR) is 122 cm³/mol. The molecule has 2 rings (SSSR count). The van der Waals surface area contributed by atoms with Crippen molar-refractivity contribution >= 4 is 29.3 Å². The van der Waals surface area contributed by atoms with E-state index in [-0.39, 0.29) is 0 Å². The standard InChI is InChI=1S/C22H30ClN5O2/c1-22(2,3)30-21(29)28-18-8-5-16(6-9-18)11-13-25-20(24-4)26-14-12-17-7-10-19(23)27-15-17/h5-10,15H,11-14H2,1-4H3,(H,28,29)(H2,24,25,26). The van der Waals surface area contributed by atoms with Gasteiger partial charge >= 0.3 is 6.09 Å². The predicted octanol–water partition coefficient (Wildman–Crippen LogP) is 4.03. The zero-order chi connectivity index (χ0) is 22.0. The van der Waals surface area contributed by atoms with Crippen LogP contribution in [-0.2, 0) is 17.6 Å². The monoisotopic (exact) mass is 431 g/mol. The van der Waals surface area contributed by atoms with Crippen molar-refractivity contribution in [3.63, 3.8) is 0 Å². The lowest BCUT2D eigenvalue weighted by atomic mass is 10.1. The largest absolute Gasteiger partial charge is 0.444 e. The molecule has 0 radical (unpaired) electrons. The van der Waals surface area contributed by atoms with Crippen LogP contribution in [0.1, 0.15) is 31.9 Å². The van der Waals surface area contributed by atoms with Crippen LogP contribution in [0.4, 0.5) is 10.5 Å². The molecule has 0 aliphatic rings. The molecular formula is C22H30ClN5O2. The van der Waals surface area contributed by atoms with Gasteiger partial charge in [0.2, 0.25) is 0 Å². The SMILES string of the molecule is CN=C(NCCc1ccc(NC(=O)OC(C)(C)C)cc1)NCCc1ccc(Cl)nc1. The topological polar surface area (TPSA) is 87.6 Å². The zero-order valence-corrected chi connectivity index (χ0v) is 18.7. The Labute approximate surface area is 183 Å². The van der Waals surface area contributed by atoms with E-state index in [1.54, 1.807) is 19.3 Å². The van der Waals surface area contributed by atoms with E-state index in [1.165, 1.54) is 0 Å². The molecular weight excluding hydrogens is 402 g/mol. The van der Waals surface area contributed by atoms with Gasteiger partial charge in [0.25, 0.3) is 0 Å². The second-order valence-corrected chi connectivity index (χ2v) is 8.13. The van der Waals surface area contributed by atoms with Crippen LogP contribution in [0.25, 0.3) is 0 Å². The van der Waals surface area contributed by atoms with Crippen molar-refractivity contribution in [2.45, 2.75) is 39.2 Å². The highest BCUT2D eigenvalue weighted by molar-refractivity contribution is 6.29. The Hall–Kier alpha value is -2.80. The molecule has 3 N–H and O–H groups in total. The van der Waals surface area contributed by atoms with Gasteiger partial charge in [0, 0.05) is 32.0 Å². The highest BCUT2D eigenvalue weighted by Gasteiger charge is 2.16. The van der Waals surface area contributed by atoms with Crippen LogP contribution in [0.15, 0.2) is 47.6 Å². The Morgan fingerprint density at radius 1 is 1.03 bits per heavy atom. The molecule has 1 aromatic heterocycles. The molecule has 0 spiro atoms. The van der Waals surface area contributed by atoms with E-state index in [4.69, 9.17) is 16.3 Å². The van der Waals surface area contributed by atoms with Gasteiger partial charge in [0.15, 0.2) is 5.96 Å². The number of hydrogen-bond donors (Lipinski definition) is 3. The molecule has 0 bridgehead atoms. The normalized spacial score (nSPS) is 11.7. The van der Waals surface area contributed by atoms with E-state index in [1.807, 2.05) is 51.1 Å². The summed E-state index contributed by atoms with van der Waals surface area (Å²) in [5, 5.41) is 9.81. The fourth-order valence-corrected chi connectivity index (χ4v) is 2.71. The Morgan fingerprint density at radius 3 is 2.17 bits per heavy atom. The molecule has 0 atom stereocenters. The number of pyridine rings is 1. The highest BCUT2D eigenvalue weighted by atomic mass is 35.5. The van der Waals surface area contributed by atoms with Crippen LogP contribution in [-0.4, -0.2) is 42.8 Å². The molecule has 8 heteroatoms. The molecule has 0 saturated carbocycles. The van der Waals surface area contributed by atoms with Crippen molar-refractivity contribution in [2.75, 3.05) is 25.5 Å². The van der Waals surface area contributed by atoms with E-state index >= 15 is 0 Å². The first-order valence-electron chi connectivity index (χ1n) is 9.89. The lowest BCUT2D eigenvalue weighted by Gasteiger charge is -2.19. The van der Waals surface area contributed by atoms with E-state index in [9.17, 15) is 4.79 Å². The average molecular weight is 432 g/mol. The number of aliphatic imine (C=N–C) groups is 1. The molecule has 1 aromatic carbocycles. The minimum absolute atomic E-state index is 0.457. The number of amides is 1. The van der Waals surface area contributed by atoms with Gasteiger partial charge in [-0.15, -0.1) is 0 Å². The summed E-state index contributed by atoms with van der Waals surface area (Å²) < 4.78 is 5.25. The number of halogens is 1. The lowest BCUT2D eigenvalue weighted by Crippen LogP contribution is -2.39. The third-order valence-electron chi connectivity index (χ3n) is 4.02. The van der Waals surface area contributed by atoms with E-state index in [2.05, 4.69) is 25.9 Å². The number of hydrogen-bond acceptors (Lipinski definition) is 4. The summed E-state index contributed by atoms with van der Waals surface area (Å²) >= 11 is 5.80. The minimum Gasteiger partial charge on any atom is -0.444 e. The van der Waals surface area contributed by atoms with Gasteiger partial charge in [-0.3, -0.25) is 10.3 Å². The first-order valence-corrected chi connectivity index (χ1v) is 10.3. The molecule has 1 amide bonds. The molecule has 30 heavy (non-hydrogen) atoms. The van der Waals surface area contributed by atoms with Crippen molar-refractivity contribution in [3.8, 4) is 0 Å². The number of aromatic nitrogens is 1. The van der Waals surface area contributed by atoms with E-state index in [0.717, 1.165) is 43.0 Å². The number of anilines is 1. The van der Waals surface area contributed by atoms with Crippen LogP contribution in [0.5, 0.6) is 0 Å². The second-order valence-electron chi connectivity index (χ2n) is 7.74. The number of benzene rings is 1. The van der Waals surface area contributed by atoms with Crippen molar-refractivity contribution in [1.29, 1.82) is 0 Å². The number of nitrogens with zero attached hydrogens (tertiary/aromatic N) is 2. The molecule has 0 unspecified atom stereocenters. The number of carbonyl (C=O) groups is 1. The highest BCUT2D eigenvalue weighted by Crippen LogP contribution is 2.13. The molecule has 7 nitrogen and oxygen atoms in total. The van der Waals surface area contributed by atoms with Gasteiger partial charge < -0.3 is 15.4 Å². The minimum atomic E-state index is -0.520. The molecule has 1 heterocycles. The average Bonchev–Trinajstić information content (AvgIpc) is 2.68. The van der Waals surface area contributed by atoms with Gasteiger partial charge in [-0.2, -0.15) is 0 Å². The first kappa shape index (κ1) is 23.5. The fraction of sp³-hybridized carbons (Fsp3) is 0.409. The Morgan fingerprint density at radius 2 is 1.63 bits per heavy atom. The Kier molecular flexibility index (Phi) is 8.92. The van der Waals surface area contributed by atoms with Crippen LogP contribution in [0, 0.1) is 0 Å². The first-order chi connectivity index (χ1) is 14.2. The summed E-state index contributed by atoms with van der Waals surface area (Å²) in [7, 11) is 1.75. The number of nitrogens with one attached hydrogen (secondary N) is 3. The number of ether oxygens (including phenoxy) is 1. The van der Waals surface area contributed by atoms with Crippen molar-refractivity contribution < 1.29 is 9.53 Å². The van der Waals surface area contributed by atoms with Gasteiger partial charge in [0.1, 0.15) is 10.8 Å². The van der Waals surface area contributed by atoms with Gasteiger partial charge in [-0.25, -0.2) is 9.78 Å². The number of carbonyl (C=O) groups excluding carboxylic acids is 1. The van der Waals surface area contributed by atoms with Crippen molar-refractivity contribution in [2.24, 2.45) is 4.99 Å². The molecule has 0 fully saturated rings. The third kappa shape index (κ3) is 9.13. The summed E-state index contributed by atoms with van der Waals surface area (Å²) in [6, 6.07) is 11.5. The molecule has 0 saturated heterocycles. The van der Waals surface area contributed by atoms with Crippen LogP contribution < -0.4 is 16.0 Å². The molecule has 0 aliphatic heterocycles. The number of guanidine groups is 1. The van der Waals surface area contributed by atoms with E-state index < -0.39 is 11.7 Å². The summed E-state index contributed by atoms with van der Waals surface area (Å²) in [5.74, 6) is 0.750. The van der Waals surface area contributed by atoms with Crippen LogP contribution >= 0.6 is 11.6 Å². The maximum atomic E-state index is 11.8. The van der Waals surface area contributed by atoms with Crippen molar-refractivity contribution in [3.05, 3.63) is 58.9 Å². The van der Waals surface area contributed by atoms with E-state index in [0.29, 0.717) is 10.8 Å². The summed E-state index contributed by atoms with van der Waals surface area (Å²) in [6.07, 6.45) is 2.98. The van der Waals surface area contributed by atoms with Gasteiger partial charge in [0.05, 0.1) is 0 Å². The van der Waals surface area contributed by atoms with Crippen molar-refractivity contribution in [1.82, 2.24) is 15.6 Å². The second kappa shape index (κ2) is 11.4. The Balaban J connectivity index is 1.70. The summed E-state index contributed by atoms with van der Waals surface area (Å²) in [4.78, 5) is 20.1. The zero-order valence-electron chi connectivity index (χ0n) is 18.0. The quantitative estimate of drug-likeness (QED) is 0.350. The number of rotatable bonds is 7. The van der Waals surface area contributed by atoms with Gasteiger partial charge in [-0.1, -0.05) is 29.8 Å². The molecule has 2 aromatic rings. The summed E-state index contributed by atoms with van der Waals surface area (Å²) in [6.45, 7) is 6.98. The summed E-state index contributed by atoms with van der Waals surface area (Å²) in [5.41, 5.74) is 2.45. The fourth-order valence-electron chi connectivity index (χ4n) is 2.60. The smallest absolute Gasteiger partial charge is 0.412 e. The van der Waals surface area contributed by atoms with Crippen LogP contribution in [0.3, 0.4) is 0 Å². The molecule has 0 aliphatic carbocycles. The van der Waals surface area contributed by atoms with Gasteiger partial charge in [-0.05, 0) is 62.9 Å². The Bertz CT molecular complexity index is 830. The third-order valence-corrected chi connectivity index (χ3v) is 4.25. The molecule has 162 valence electrons. The van der Waals surface area contributed by atoms with Crippen LogP contribution in [0.2, 0.25) is 5.15 Å². The lowest BCUT2D eigenvalue weighted by molar-refractivity contribution is 0.0636.